The van der Waals surface area contributed by atoms with Crippen LogP contribution < -0.4 is 5.73 Å². The van der Waals surface area contributed by atoms with Gasteiger partial charge in [-0.05, 0) is 25.0 Å². The number of hydrogen-bond donors (Lipinski definition) is 2. The topological polar surface area (TPSA) is 63.3 Å². The summed E-state index contributed by atoms with van der Waals surface area (Å²) in [5.41, 5.74) is 4.66. The van der Waals surface area contributed by atoms with Gasteiger partial charge >= 0.3 is 5.97 Å². The molecule has 82 valence electrons. The van der Waals surface area contributed by atoms with Crippen LogP contribution >= 0.6 is 0 Å². The highest BCUT2D eigenvalue weighted by molar-refractivity contribution is 5.83. The SMILES string of the molecule is CCC(C)(C(=O)O)c1cccc(F)c1N. The average Bonchev–Trinajstić information content (AvgIpc) is 2.20. The van der Waals surface area contributed by atoms with E-state index in [1.54, 1.807) is 19.9 Å². The molecular weight excluding hydrogens is 197 g/mol. The zero-order chi connectivity index (χ0) is 11.6. The quantitative estimate of drug-likeness (QED) is 0.753. The highest BCUT2D eigenvalue weighted by atomic mass is 19.1. The molecule has 1 aromatic carbocycles. The molecule has 0 amide bonds. The number of hydrogen-bond acceptors (Lipinski definition) is 2. The minimum Gasteiger partial charge on any atom is -0.481 e. The number of halogens is 1. The van der Waals surface area contributed by atoms with E-state index in [1.165, 1.54) is 12.1 Å². The van der Waals surface area contributed by atoms with Gasteiger partial charge in [0, 0.05) is 0 Å². The summed E-state index contributed by atoms with van der Waals surface area (Å²) in [7, 11) is 0. The molecule has 0 spiro atoms. The molecule has 1 atom stereocenters. The van der Waals surface area contributed by atoms with Gasteiger partial charge < -0.3 is 10.8 Å². The van der Waals surface area contributed by atoms with Crippen molar-refractivity contribution in [1.82, 2.24) is 0 Å². The van der Waals surface area contributed by atoms with Gasteiger partial charge in [0.25, 0.3) is 0 Å². The summed E-state index contributed by atoms with van der Waals surface area (Å²) < 4.78 is 13.2. The van der Waals surface area contributed by atoms with Crippen molar-refractivity contribution in [3.05, 3.63) is 29.6 Å². The van der Waals surface area contributed by atoms with E-state index < -0.39 is 17.2 Å². The number of nitrogens with two attached hydrogens (primary N) is 1. The largest absolute Gasteiger partial charge is 0.481 e. The van der Waals surface area contributed by atoms with E-state index in [1.807, 2.05) is 0 Å². The molecule has 0 aromatic heterocycles. The molecule has 1 aromatic rings. The summed E-state index contributed by atoms with van der Waals surface area (Å²) in [4.78, 5) is 11.1. The molecule has 0 saturated heterocycles. The van der Waals surface area contributed by atoms with Gasteiger partial charge in [0.05, 0.1) is 11.1 Å². The number of aliphatic carboxylic acids is 1. The summed E-state index contributed by atoms with van der Waals surface area (Å²) in [5, 5.41) is 9.12. The molecular formula is C11H14FNO2. The van der Waals surface area contributed by atoms with E-state index in [9.17, 15) is 9.18 Å². The van der Waals surface area contributed by atoms with Crippen LogP contribution in [-0.2, 0) is 10.2 Å². The molecule has 3 N–H and O–H groups in total. The molecule has 0 aliphatic carbocycles. The third-order valence-corrected chi connectivity index (χ3v) is 2.83. The maximum Gasteiger partial charge on any atom is 0.313 e. The smallest absolute Gasteiger partial charge is 0.313 e. The van der Waals surface area contributed by atoms with Gasteiger partial charge in [-0.2, -0.15) is 0 Å². The van der Waals surface area contributed by atoms with Crippen LogP contribution in [0.5, 0.6) is 0 Å². The van der Waals surface area contributed by atoms with Gasteiger partial charge in [0.15, 0.2) is 0 Å². The van der Waals surface area contributed by atoms with Crippen molar-refractivity contribution in [3.8, 4) is 0 Å². The van der Waals surface area contributed by atoms with Crippen LogP contribution in [0.1, 0.15) is 25.8 Å². The molecule has 0 heterocycles. The molecule has 4 heteroatoms. The Labute approximate surface area is 87.7 Å². The summed E-state index contributed by atoms with van der Waals surface area (Å²) in [6.07, 6.45) is 0.357. The Hall–Kier alpha value is -1.58. The lowest BCUT2D eigenvalue weighted by atomic mass is 9.79. The standard InChI is InChI=1S/C11H14FNO2/c1-3-11(2,10(14)15)7-5-4-6-8(12)9(7)13/h4-6H,3,13H2,1-2H3,(H,14,15). The maximum absolute atomic E-state index is 13.2. The number of carbonyl (C=O) groups is 1. The van der Waals surface area contributed by atoms with Gasteiger partial charge in [0.1, 0.15) is 5.82 Å². The molecule has 0 saturated carbocycles. The first kappa shape index (κ1) is 11.5. The van der Waals surface area contributed by atoms with Crippen LogP contribution in [-0.4, -0.2) is 11.1 Å². The van der Waals surface area contributed by atoms with Gasteiger partial charge in [0.2, 0.25) is 0 Å². The summed E-state index contributed by atoms with van der Waals surface area (Å²) in [6.45, 7) is 3.28. The molecule has 1 rings (SSSR count). The Bertz CT molecular complexity index is 392. The number of carboxylic acids is 1. The molecule has 15 heavy (non-hydrogen) atoms. The van der Waals surface area contributed by atoms with Gasteiger partial charge in [-0.3, -0.25) is 4.79 Å². The zero-order valence-corrected chi connectivity index (χ0v) is 8.75. The second kappa shape index (κ2) is 3.88. The van der Waals surface area contributed by atoms with E-state index in [2.05, 4.69) is 0 Å². The van der Waals surface area contributed by atoms with Crippen LogP contribution in [0.4, 0.5) is 10.1 Å². The van der Waals surface area contributed by atoms with Crippen molar-refractivity contribution in [2.75, 3.05) is 5.73 Å². The number of benzene rings is 1. The highest BCUT2D eigenvalue weighted by Gasteiger charge is 2.35. The Morgan fingerprint density at radius 1 is 1.60 bits per heavy atom. The van der Waals surface area contributed by atoms with Crippen molar-refractivity contribution in [2.45, 2.75) is 25.7 Å². The van der Waals surface area contributed by atoms with Crippen LogP contribution in [0, 0.1) is 5.82 Å². The zero-order valence-electron chi connectivity index (χ0n) is 8.75. The molecule has 0 aliphatic heterocycles. The lowest BCUT2D eigenvalue weighted by Crippen LogP contribution is -2.32. The minimum absolute atomic E-state index is 0.0794. The van der Waals surface area contributed by atoms with Crippen LogP contribution in [0.2, 0.25) is 0 Å². The van der Waals surface area contributed by atoms with E-state index in [4.69, 9.17) is 10.8 Å². The first-order valence-electron chi connectivity index (χ1n) is 4.71. The average molecular weight is 211 g/mol. The van der Waals surface area contributed by atoms with Crippen LogP contribution in [0.3, 0.4) is 0 Å². The van der Waals surface area contributed by atoms with E-state index in [-0.39, 0.29) is 5.69 Å². The Morgan fingerprint density at radius 2 is 2.20 bits per heavy atom. The van der Waals surface area contributed by atoms with Crippen LogP contribution in [0.15, 0.2) is 18.2 Å². The fourth-order valence-electron chi connectivity index (χ4n) is 1.48. The summed E-state index contributed by atoms with van der Waals surface area (Å²) in [6, 6.07) is 4.24. The molecule has 1 unspecified atom stereocenters. The third kappa shape index (κ3) is 1.79. The van der Waals surface area contributed by atoms with Gasteiger partial charge in [-0.15, -0.1) is 0 Å². The van der Waals surface area contributed by atoms with Gasteiger partial charge in [-0.1, -0.05) is 19.1 Å². The lowest BCUT2D eigenvalue weighted by molar-refractivity contribution is -0.143. The van der Waals surface area contributed by atoms with E-state index in [0.717, 1.165) is 0 Å². The van der Waals surface area contributed by atoms with Crippen molar-refractivity contribution < 1.29 is 14.3 Å². The van der Waals surface area contributed by atoms with Crippen LogP contribution in [0.25, 0.3) is 0 Å². The first-order chi connectivity index (χ1) is 6.93. The summed E-state index contributed by atoms with van der Waals surface area (Å²) in [5.74, 6) is -1.57. The molecule has 0 fully saturated rings. The molecule has 3 nitrogen and oxygen atoms in total. The molecule has 0 radical (unpaired) electrons. The van der Waals surface area contributed by atoms with E-state index in [0.29, 0.717) is 12.0 Å². The number of rotatable bonds is 3. The van der Waals surface area contributed by atoms with Crippen molar-refractivity contribution in [1.29, 1.82) is 0 Å². The van der Waals surface area contributed by atoms with Crippen molar-refractivity contribution in [3.63, 3.8) is 0 Å². The Morgan fingerprint density at radius 3 is 2.67 bits per heavy atom. The summed E-state index contributed by atoms with van der Waals surface area (Å²) >= 11 is 0. The third-order valence-electron chi connectivity index (χ3n) is 2.83. The number of para-hydroxylation sites is 1. The van der Waals surface area contributed by atoms with Crippen molar-refractivity contribution in [2.24, 2.45) is 0 Å². The predicted molar refractivity (Wildman–Crippen MR) is 56.1 cm³/mol. The number of carboxylic acid groups (broad SMARTS) is 1. The Kier molecular flexibility index (Phi) is 2.98. The number of anilines is 1. The fraction of sp³-hybridized carbons (Fsp3) is 0.364. The maximum atomic E-state index is 13.2. The van der Waals surface area contributed by atoms with E-state index >= 15 is 0 Å². The molecule has 0 aliphatic rings. The second-order valence-electron chi connectivity index (χ2n) is 3.69. The minimum atomic E-state index is -1.13. The highest BCUT2D eigenvalue weighted by Crippen LogP contribution is 2.33. The first-order valence-corrected chi connectivity index (χ1v) is 4.71. The molecule has 0 bridgehead atoms. The lowest BCUT2D eigenvalue weighted by Gasteiger charge is -2.25. The monoisotopic (exact) mass is 211 g/mol. The van der Waals surface area contributed by atoms with Gasteiger partial charge in [-0.25, -0.2) is 4.39 Å². The fourth-order valence-corrected chi connectivity index (χ4v) is 1.48. The number of nitrogen functional groups attached to an aromatic ring is 1. The predicted octanol–water partition coefficient (Wildman–Crippen LogP) is 2.16. The second-order valence-corrected chi connectivity index (χ2v) is 3.69. The normalized spacial score (nSPS) is 14.6. The van der Waals surface area contributed by atoms with Crippen molar-refractivity contribution >= 4 is 11.7 Å². The Balaban J connectivity index is 3.37.